The summed E-state index contributed by atoms with van der Waals surface area (Å²) in [7, 11) is 0. The second kappa shape index (κ2) is 5.02. The van der Waals surface area contributed by atoms with Crippen LogP contribution in [0.3, 0.4) is 0 Å². The summed E-state index contributed by atoms with van der Waals surface area (Å²) in [6, 6.07) is 2.30. The molecule has 0 unspecified atom stereocenters. The lowest BCUT2D eigenvalue weighted by Crippen LogP contribution is -2.35. The average molecular weight is 287 g/mol. The molecule has 1 N–H and O–H groups in total. The van der Waals surface area contributed by atoms with Gasteiger partial charge in [-0.25, -0.2) is 9.50 Å². The van der Waals surface area contributed by atoms with E-state index in [9.17, 15) is 4.79 Å². The minimum Gasteiger partial charge on any atom is -0.366 e. The van der Waals surface area contributed by atoms with Crippen molar-refractivity contribution in [1.82, 2.24) is 19.9 Å². The van der Waals surface area contributed by atoms with Gasteiger partial charge in [-0.1, -0.05) is 0 Å². The third-order valence-electron chi connectivity index (χ3n) is 4.08. The summed E-state index contributed by atoms with van der Waals surface area (Å²) in [5.41, 5.74) is 5.06. The fraction of sp³-hybridized carbons (Fsp3) is 0.533. The van der Waals surface area contributed by atoms with Gasteiger partial charge in [0.25, 0.3) is 0 Å². The van der Waals surface area contributed by atoms with Gasteiger partial charge in [0.2, 0.25) is 5.91 Å². The molecule has 3 rings (SSSR count). The summed E-state index contributed by atoms with van der Waals surface area (Å²) in [6.45, 7) is 9.36. The number of imidazole rings is 1. The number of nitrogens with one attached hydrogen (secondary N) is 1. The van der Waals surface area contributed by atoms with Crippen LogP contribution in [0.1, 0.15) is 30.4 Å². The molecule has 0 saturated carbocycles. The summed E-state index contributed by atoms with van der Waals surface area (Å²) in [5, 5.41) is 7.55. The maximum Gasteiger partial charge on any atom is 0.217 e. The van der Waals surface area contributed by atoms with Crippen molar-refractivity contribution in [1.29, 1.82) is 0 Å². The van der Waals surface area contributed by atoms with Crippen LogP contribution >= 0.6 is 0 Å². The molecular formula is C15H21N5O. The first kappa shape index (κ1) is 13.9. The SMILES string of the molecule is CC(=O)N[C@@H]1CCN(c2cc(C)nn3c(C)c(C)nc23)C1. The normalized spacial score (nSPS) is 18.5. The highest BCUT2D eigenvalue weighted by molar-refractivity contribution is 5.74. The Morgan fingerprint density at radius 2 is 2.14 bits per heavy atom. The van der Waals surface area contributed by atoms with Crippen molar-refractivity contribution in [3.8, 4) is 0 Å². The van der Waals surface area contributed by atoms with E-state index >= 15 is 0 Å². The second-order valence-corrected chi connectivity index (χ2v) is 5.82. The number of aromatic nitrogens is 3. The number of carbonyl (C=O) groups is 1. The first-order valence-electron chi connectivity index (χ1n) is 7.31. The fourth-order valence-corrected chi connectivity index (χ4v) is 2.95. The molecule has 1 aliphatic heterocycles. The van der Waals surface area contributed by atoms with Crippen molar-refractivity contribution in [2.75, 3.05) is 18.0 Å². The number of hydrogen-bond donors (Lipinski definition) is 1. The zero-order valence-electron chi connectivity index (χ0n) is 13.0. The van der Waals surface area contributed by atoms with E-state index in [0.29, 0.717) is 0 Å². The number of rotatable bonds is 2. The Labute approximate surface area is 124 Å². The summed E-state index contributed by atoms with van der Waals surface area (Å²) < 4.78 is 1.92. The van der Waals surface area contributed by atoms with E-state index in [1.807, 2.05) is 25.3 Å². The molecular weight excluding hydrogens is 266 g/mol. The summed E-state index contributed by atoms with van der Waals surface area (Å²) in [6.07, 6.45) is 0.964. The zero-order chi connectivity index (χ0) is 15.1. The topological polar surface area (TPSA) is 62.5 Å². The number of carbonyl (C=O) groups excluding carboxylic acids is 1. The Hall–Kier alpha value is -2.11. The molecule has 0 bridgehead atoms. The molecule has 21 heavy (non-hydrogen) atoms. The van der Waals surface area contributed by atoms with Gasteiger partial charge in [-0.3, -0.25) is 4.79 Å². The van der Waals surface area contributed by atoms with Crippen LogP contribution in [0.2, 0.25) is 0 Å². The first-order chi connectivity index (χ1) is 9.95. The van der Waals surface area contributed by atoms with E-state index < -0.39 is 0 Å². The average Bonchev–Trinajstić information content (AvgIpc) is 2.96. The minimum atomic E-state index is 0.0328. The lowest BCUT2D eigenvalue weighted by Gasteiger charge is -2.20. The van der Waals surface area contributed by atoms with Gasteiger partial charge in [0.05, 0.1) is 22.8 Å². The molecule has 1 aliphatic rings. The highest BCUT2D eigenvalue weighted by Gasteiger charge is 2.26. The number of aryl methyl sites for hydroxylation is 3. The lowest BCUT2D eigenvalue weighted by atomic mass is 10.2. The van der Waals surface area contributed by atoms with Gasteiger partial charge in [0.15, 0.2) is 5.65 Å². The lowest BCUT2D eigenvalue weighted by molar-refractivity contribution is -0.119. The molecule has 6 heteroatoms. The third kappa shape index (κ3) is 2.46. The van der Waals surface area contributed by atoms with Crippen LogP contribution in [-0.4, -0.2) is 39.6 Å². The predicted molar refractivity (Wildman–Crippen MR) is 81.6 cm³/mol. The molecule has 2 aromatic rings. The van der Waals surface area contributed by atoms with Crippen molar-refractivity contribution in [3.05, 3.63) is 23.1 Å². The summed E-state index contributed by atoms with van der Waals surface area (Å²) in [5.74, 6) is 0.0328. The van der Waals surface area contributed by atoms with Gasteiger partial charge >= 0.3 is 0 Å². The Balaban J connectivity index is 1.97. The monoisotopic (exact) mass is 287 g/mol. The molecule has 112 valence electrons. The van der Waals surface area contributed by atoms with E-state index in [1.54, 1.807) is 6.92 Å². The smallest absolute Gasteiger partial charge is 0.217 e. The quantitative estimate of drug-likeness (QED) is 0.906. The Bertz CT molecular complexity index is 706. The van der Waals surface area contributed by atoms with Crippen LogP contribution < -0.4 is 10.2 Å². The molecule has 0 spiro atoms. The molecule has 0 aromatic carbocycles. The van der Waals surface area contributed by atoms with Crippen LogP contribution in [0.5, 0.6) is 0 Å². The predicted octanol–water partition coefficient (Wildman–Crippen LogP) is 1.37. The molecule has 1 atom stereocenters. The summed E-state index contributed by atoms with van der Waals surface area (Å²) in [4.78, 5) is 18.1. The van der Waals surface area contributed by atoms with Gasteiger partial charge < -0.3 is 10.2 Å². The molecule has 6 nitrogen and oxygen atoms in total. The van der Waals surface area contributed by atoms with Crippen molar-refractivity contribution in [2.24, 2.45) is 0 Å². The zero-order valence-corrected chi connectivity index (χ0v) is 13.0. The van der Waals surface area contributed by atoms with Gasteiger partial charge in [-0.2, -0.15) is 5.10 Å². The Kier molecular flexibility index (Phi) is 3.31. The van der Waals surface area contributed by atoms with Crippen molar-refractivity contribution in [3.63, 3.8) is 0 Å². The minimum absolute atomic E-state index is 0.0328. The maximum absolute atomic E-state index is 11.2. The molecule has 0 radical (unpaired) electrons. The van der Waals surface area contributed by atoms with E-state index in [1.165, 1.54) is 0 Å². The fourth-order valence-electron chi connectivity index (χ4n) is 2.95. The number of fused-ring (bicyclic) bond motifs is 1. The highest BCUT2D eigenvalue weighted by atomic mass is 16.1. The van der Waals surface area contributed by atoms with Crippen molar-refractivity contribution in [2.45, 2.75) is 40.2 Å². The molecule has 2 aromatic heterocycles. The van der Waals surface area contributed by atoms with Crippen molar-refractivity contribution < 1.29 is 4.79 Å². The molecule has 1 saturated heterocycles. The van der Waals surface area contributed by atoms with Crippen LogP contribution in [0.4, 0.5) is 5.69 Å². The van der Waals surface area contributed by atoms with Gasteiger partial charge in [0, 0.05) is 26.1 Å². The van der Waals surface area contributed by atoms with Crippen LogP contribution in [-0.2, 0) is 4.79 Å². The summed E-state index contributed by atoms with van der Waals surface area (Å²) >= 11 is 0. The van der Waals surface area contributed by atoms with Gasteiger partial charge in [0.1, 0.15) is 0 Å². The number of amides is 1. The number of nitrogens with zero attached hydrogens (tertiary/aromatic N) is 4. The molecule has 0 aliphatic carbocycles. The van der Waals surface area contributed by atoms with Crippen LogP contribution in [0.15, 0.2) is 6.07 Å². The van der Waals surface area contributed by atoms with Crippen LogP contribution in [0, 0.1) is 20.8 Å². The number of anilines is 1. The number of hydrogen-bond acceptors (Lipinski definition) is 4. The Morgan fingerprint density at radius 1 is 1.38 bits per heavy atom. The first-order valence-corrected chi connectivity index (χ1v) is 7.31. The molecule has 1 fully saturated rings. The van der Waals surface area contributed by atoms with Crippen LogP contribution in [0.25, 0.3) is 5.65 Å². The standard InChI is InChI=1S/C15H21N5O/c1-9-7-14(15-16-10(2)11(3)20(15)18-9)19-6-5-13(8-19)17-12(4)21/h7,13H,5-6,8H2,1-4H3,(H,17,21)/t13-/m1/s1. The van der Waals surface area contributed by atoms with E-state index in [-0.39, 0.29) is 11.9 Å². The Morgan fingerprint density at radius 3 is 2.86 bits per heavy atom. The highest BCUT2D eigenvalue weighted by Crippen LogP contribution is 2.26. The second-order valence-electron chi connectivity index (χ2n) is 5.82. The van der Waals surface area contributed by atoms with Crippen molar-refractivity contribution >= 4 is 17.2 Å². The van der Waals surface area contributed by atoms with Gasteiger partial charge in [-0.15, -0.1) is 0 Å². The molecule has 1 amide bonds. The maximum atomic E-state index is 11.2. The largest absolute Gasteiger partial charge is 0.366 e. The van der Waals surface area contributed by atoms with E-state index in [0.717, 1.165) is 47.9 Å². The third-order valence-corrected chi connectivity index (χ3v) is 4.08. The van der Waals surface area contributed by atoms with Gasteiger partial charge in [-0.05, 0) is 33.3 Å². The van der Waals surface area contributed by atoms with E-state index in [2.05, 4.69) is 26.4 Å². The molecule has 3 heterocycles. The van der Waals surface area contributed by atoms with E-state index in [4.69, 9.17) is 0 Å².